The van der Waals surface area contributed by atoms with Crippen LogP contribution in [0.4, 0.5) is 10.1 Å². The van der Waals surface area contributed by atoms with Crippen LogP contribution in [0, 0.1) is 11.9 Å². The number of nitrogens with one attached hydrogen (secondary N) is 2. The Morgan fingerprint density at radius 2 is 2.10 bits per heavy atom. The molecule has 1 fully saturated rings. The van der Waals surface area contributed by atoms with Crippen molar-refractivity contribution in [1.29, 1.82) is 0 Å². The second kappa shape index (κ2) is 8.25. The molecule has 1 aliphatic rings. The first-order valence-electron chi connectivity index (χ1n) is 10.2. The van der Waals surface area contributed by atoms with Crippen LogP contribution in [-0.2, 0) is 12.8 Å². The van der Waals surface area contributed by atoms with Gasteiger partial charge in [0.1, 0.15) is 11.3 Å². The molecule has 30 heavy (non-hydrogen) atoms. The van der Waals surface area contributed by atoms with Crippen molar-refractivity contribution in [2.45, 2.75) is 32.6 Å². The summed E-state index contributed by atoms with van der Waals surface area (Å²) >= 11 is 0. The number of nitrogens with zero attached hydrogens (tertiary/aromatic N) is 4. The van der Waals surface area contributed by atoms with Crippen molar-refractivity contribution < 1.29 is 9.18 Å². The van der Waals surface area contributed by atoms with Crippen LogP contribution in [0.25, 0.3) is 5.65 Å². The minimum atomic E-state index is -0.620. The molecule has 158 valence electrons. The van der Waals surface area contributed by atoms with E-state index in [1.807, 2.05) is 17.9 Å². The van der Waals surface area contributed by atoms with Crippen LogP contribution in [0.2, 0.25) is 0 Å². The van der Waals surface area contributed by atoms with Gasteiger partial charge in [-0.1, -0.05) is 6.92 Å². The number of pyridine rings is 1. The third-order valence-electron chi connectivity index (χ3n) is 5.72. The molecule has 9 heteroatoms. The predicted octanol–water partition coefficient (Wildman–Crippen LogP) is 1.94. The Bertz CT molecular complexity index is 1130. The monoisotopic (exact) mass is 412 g/mol. The molecule has 0 atom stereocenters. The third kappa shape index (κ3) is 3.92. The normalized spacial score (nSPS) is 15.0. The largest absolute Gasteiger partial charge is 0.368 e. The van der Waals surface area contributed by atoms with Crippen molar-refractivity contribution >= 4 is 17.2 Å². The quantitative estimate of drug-likeness (QED) is 0.625. The summed E-state index contributed by atoms with van der Waals surface area (Å²) in [6.45, 7) is 3.37. The van der Waals surface area contributed by atoms with Crippen LogP contribution >= 0.6 is 0 Å². The molecule has 2 N–H and O–H groups in total. The summed E-state index contributed by atoms with van der Waals surface area (Å²) < 4.78 is 16.1. The fraction of sp³-hybridized carbons (Fsp3) is 0.429. The number of carbonyl (C=O) groups excluding carboxylic acids is 1. The highest BCUT2D eigenvalue weighted by molar-refractivity contribution is 5.92. The van der Waals surface area contributed by atoms with E-state index in [1.165, 1.54) is 7.05 Å². The van der Waals surface area contributed by atoms with Crippen LogP contribution in [0.3, 0.4) is 0 Å². The lowest BCUT2D eigenvalue weighted by atomic mass is 9.92. The summed E-state index contributed by atoms with van der Waals surface area (Å²) in [6.07, 6.45) is 5.07. The zero-order valence-corrected chi connectivity index (χ0v) is 17.1. The van der Waals surface area contributed by atoms with E-state index < -0.39 is 11.9 Å². The Morgan fingerprint density at radius 1 is 1.33 bits per heavy atom. The van der Waals surface area contributed by atoms with Crippen LogP contribution in [-0.4, -0.2) is 45.6 Å². The Labute approximate surface area is 173 Å². The number of carbonyl (C=O) groups is 1. The molecule has 0 aliphatic carbocycles. The minimum Gasteiger partial charge on any atom is -0.368 e. The molecule has 4 heterocycles. The van der Waals surface area contributed by atoms with Gasteiger partial charge in [-0.25, -0.2) is 9.50 Å². The maximum Gasteiger partial charge on any atom is 0.269 e. The van der Waals surface area contributed by atoms with Crippen molar-refractivity contribution in [2.75, 3.05) is 25.0 Å². The van der Waals surface area contributed by atoms with Gasteiger partial charge in [0.15, 0.2) is 0 Å². The van der Waals surface area contributed by atoms with Gasteiger partial charge < -0.3 is 15.2 Å². The van der Waals surface area contributed by atoms with Crippen molar-refractivity contribution in [1.82, 2.24) is 24.9 Å². The van der Waals surface area contributed by atoms with Gasteiger partial charge in [-0.05, 0) is 43.7 Å². The Balaban J connectivity index is 1.41. The van der Waals surface area contributed by atoms with Crippen molar-refractivity contribution in [3.8, 4) is 0 Å². The van der Waals surface area contributed by atoms with Crippen molar-refractivity contribution in [3.05, 3.63) is 57.6 Å². The Kier molecular flexibility index (Phi) is 5.52. The van der Waals surface area contributed by atoms with Gasteiger partial charge in [0.25, 0.3) is 11.5 Å². The number of fused-ring (bicyclic) bond motifs is 1. The lowest BCUT2D eigenvalue weighted by Gasteiger charge is -2.33. The number of aromatic amines is 1. The SMILES string of the molecule is CCc1cn2nc(CC3CCN(c4ccc(C(=O)NC)nc4F)CC3)cc2[nH]c1=O. The molecule has 1 saturated heterocycles. The van der Waals surface area contributed by atoms with E-state index in [4.69, 9.17) is 0 Å². The minimum absolute atomic E-state index is 0.0668. The second-order valence-corrected chi connectivity index (χ2v) is 7.65. The van der Waals surface area contributed by atoms with Gasteiger partial charge in [0.2, 0.25) is 5.95 Å². The highest BCUT2D eigenvalue weighted by Gasteiger charge is 2.23. The number of hydrogen-bond donors (Lipinski definition) is 2. The number of aromatic nitrogens is 4. The van der Waals surface area contributed by atoms with E-state index in [-0.39, 0.29) is 11.3 Å². The maximum atomic E-state index is 14.4. The number of hydrogen-bond acceptors (Lipinski definition) is 5. The highest BCUT2D eigenvalue weighted by Crippen LogP contribution is 2.27. The van der Waals surface area contributed by atoms with E-state index in [2.05, 4.69) is 20.4 Å². The molecule has 1 aliphatic heterocycles. The fourth-order valence-electron chi connectivity index (χ4n) is 3.98. The first-order chi connectivity index (χ1) is 14.5. The molecule has 0 bridgehead atoms. The molecule has 4 rings (SSSR count). The summed E-state index contributed by atoms with van der Waals surface area (Å²) in [5, 5.41) is 7.05. The first kappa shape index (κ1) is 20.1. The highest BCUT2D eigenvalue weighted by atomic mass is 19.1. The Morgan fingerprint density at radius 3 is 2.77 bits per heavy atom. The van der Waals surface area contributed by atoms with E-state index in [0.29, 0.717) is 42.3 Å². The van der Waals surface area contributed by atoms with Gasteiger partial charge >= 0.3 is 0 Å². The molecular formula is C21H25FN6O2. The number of halogens is 1. The van der Waals surface area contributed by atoms with E-state index in [1.54, 1.807) is 22.8 Å². The number of rotatable bonds is 5. The van der Waals surface area contributed by atoms with Crippen molar-refractivity contribution in [2.24, 2.45) is 5.92 Å². The smallest absolute Gasteiger partial charge is 0.269 e. The molecule has 0 aromatic carbocycles. The number of anilines is 1. The number of H-pyrrole nitrogens is 1. The van der Waals surface area contributed by atoms with Crippen LogP contribution in [0.15, 0.2) is 29.2 Å². The van der Waals surface area contributed by atoms with Gasteiger partial charge in [0, 0.05) is 38.0 Å². The number of amides is 1. The average Bonchev–Trinajstić information content (AvgIpc) is 3.14. The summed E-state index contributed by atoms with van der Waals surface area (Å²) in [6, 6.07) is 5.09. The van der Waals surface area contributed by atoms with Gasteiger partial charge in [0.05, 0.1) is 11.4 Å². The molecule has 0 unspecified atom stereocenters. The zero-order chi connectivity index (χ0) is 21.3. The first-order valence-corrected chi connectivity index (χ1v) is 10.2. The lowest BCUT2D eigenvalue weighted by molar-refractivity contribution is 0.0957. The summed E-state index contributed by atoms with van der Waals surface area (Å²) in [4.78, 5) is 32.2. The molecule has 3 aromatic rings. The zero-order valence-electron chi connectivity index (χ0n) is 17.1. The molecule has 8 nitrogen and oxygen atoms in total. The Hall–Kier alpha value is -3.23. The van der Waals surface area contributed by atoms with Gasteiger partial charge in [-0.15, -0.1) is 0 Å². The number of aryl methyl sites for hydroxylation is 1. The molecule has 3 aromatic heterocycles. The van der Waals surface area contributed by atoms with Crippen molar-refractivity contribution in [3.63, 3.8) is 0 Å². The molecular weight excluding hydrogens is 387 g/mol. The molecule has 0 spiro atoms. The summed E-state index contributed by atoms with van der Waals surface area (Å²) in [5.74, 6) is -0.589. The molecule has 0 radical (unpaired) electrons. The second-order valence-electron chi connectivity index (χ2n) is 7.65. The van der Waals surface area contributed by atoms with E-state index >= 15 is 0 Å². The van der Waals surface area contributed by atoms with Crippen LogP contribution < -0.4 is 15.8 Å². The summed E-state index contributed by atoms with van der Waals surface area (Å²) in [7, 11) is 1.49. The average molecular weight is 412 g/mol. The lowest BCUT2D eigenvalue weighted by Crippen LogP contribution is -2.35. The van der Waals surface area contributed by atoms with E-state index in [9.17, 15) is 14.0 Å². The fourth-order valence-corrected chi connectivity index (χ4v) is 3.98. The van der Waals surface area contributed by atoms with E-state index in [0.717, 1.165) is 25.0 Å². The molecule has 1 amide bonds. The van der Waals surface area contributed by atoms with Gasteiger partial charge in [-0.3, -0.25) is 9.59 Å². The predicted molar refractivity (Wildman–Crippen MR) is 111 cm³/mol. The summed E-state index contributed by atoms with van der Waals surface area (Å²) in [5.41, 5.74) is 2.80. The standard InChI is InChI=1S/C21H25FN6O2/c1-3-14-12-28-18(25-20(14)29)11-15(26-28)10-13-6-8-27(9-7-13)17-5-4-16(21(30)23-2)24-19(17)22/h4-5,11-13H,3,6-10H2,1-2H3,(H,23,30)(H,25,29). The third-order valence-corrected chi connectivity index (χ3v) is 5.72. The van der Waals surface area contributed by atoms with Crippen LogP contribution in [0.1, 0.15) is 41.5 Å². The topological polar surface area (TPSA) is 95.4 Å². The maximum absolute atomic E-state index is 14.4. The van der Waals surface area contributed by atoms with Gasteiger partial charge in [-0.2, -0.15) is 9.49 Å². The van der Waals surface area contributed by atoms with Crippen LogP contribution in [0.5, 0.6) is 0 Å². The number of piperidine rings is 1. The molecule has 0 saturated carbocycles.